The summed E-state index contributed by atoms with van der Waals surface area (Å²) in [6.45, 7) is 0. The van der Waals surface area contributed by atoms with E-state index in [1.165, 1.54) is 11.3 Å². The first-order chi connectivity index (χ1) is 15.6. The summed E-state index contributed by atoms with van der Waals surface area (Å²) < 4.78 is 5.23. The Kier molecular flexibility index (Phi) is 4.81. The summed E-state index contributed by atoms with van der Waals surface area (Å²) in [6.07, 6.45) is 3.82. The maximum Gasteiger partial charge on any atom is 0.185 e. The first-order valence-corrected chi connectivity index (χ1v) is 11.2. The number of carbonyl (C=O) groups excluding carboxylic acids is 1. The fourth-order valence-electron chi connectivity index (χ4n) is 5.05. The van der Waals surface area contributed by atoms with Crippen molar-refractivity contribution in [3.63, 3.8) is 0 Å². The monoisotopic (exact) mass is 437 g/mol. The molecular weight excluding hydrogens is 418 g/mol. The second kappa shape index (κ2) is 7.67. The van der Waals surface area contributed by atoms with Gasteiger partial charge in [0.25, 0.3) is 0 Å². The Labute approximate surface area is 190 Å². The van der Waals surface area contributed by atoms with E-state index in [1.54, 1.807) is 31.4 Å². The Hall–Kier alpha value is -3.87. The number of hydrogen-bond donors (Lipinski definition) is 0. The number of Topliss-reactive ketones (excluding diaryl/α,β-unsaturated/α-hetero) is 1. The maximum absolute atomic E-state index is 13.9. The van der Waals surface area contributed by atoms with E-state index in [4.69, 9.17) is 4.74 Å². The predicted molar refractivity (Wildman–Crippen MR) is 122 cm³/mol. The number of ether oxygens (including phenoxy) is 1. The van der Waals surface area contributed by atoms with Crippen LogP contribution >= 0.6 is 11.3 Å². The van der Waals surface area contributed by atoms with Crippen molar-refractivity contribution in [3.8, 4) is 17.9 Å². The third-order valence-corrected chi connectivity index (χ3v) is 7.19. The largest absolute Gasteiger partial charge is 0.497 e. The lowest BCUT2D eigenvalue weighted by molar-refractivity contribution is 0.0875. The second-order valence-corrected chi connectivity index (χ2v) is 8.74. The lowest BCUT2D eigenvalue weighted by Gasteiger charge is -2.34. The third kappa shape index (κ3) is 2.77. The van der Waals surface area contributed by atoms with Crippen LogP contribution in [0.15, 0.2) is 71.6 Å². The summed E-state index contributed by atoms with van der Waals surface area (Å²) in [5.74, 6) is -0.0557. The van der Waals surface area contributed by atoms with Crippen molar-refractivity contribution in [3.05, 3.63) is 93.8 Å². The molecule has 0 bridgehead atoms. The van der Waals surface area contributed by atoms with Gasteiger partial charge in [0.05, 0.1) is 25.3 Å². The highest BCUT2D eigenvalue weighted by Gasteiger charge is 2.63. The highest BCUT2D eigenvalue weighted by atomic mass is 32.1. The SMILES string of the molecule is COc1ccc(C(=O)C2C(c3ccsc3)C(C#N)(C#N)C3c4ccccc4C=CN23)cc1. The molecule has 5 rings (SSSR count). The van der Waals surface area contributed by atoms with Crippen molar-refractivity contribution in [2.75, 3.05) is 7.11 Å². The van der Waals surface area contributed by atoms with E-state index < -0.39 is 23.4 Å². The molecule has 3 aromatic rings. The van der Waals surface area contributed by atoms with Crippen molar-refractivity contribution in [2.24, 2.45) is 5.41 Å². The number of rotatable bonds is 4. The topological polar surface area (TPSA) is 77.1 Å². The molecule has 0 spiro atoms. The smallest absolute Gasteiger partial charge is 0.185 e. The van der Waals surface area contributed by atoms with Gasteiger partial charge in [-0.25, -0.2) is 0 Å². The molecule has 1 aromatic heterocycles. The van der Waals surface area contributed by atoms with E-state index in [9.17, 15) is 15.3 Å². The van der Waals surface area contributed by atoms with Gasteiger partial charge >= 0.3 is 0 Å². The van der Waals surface area contributed by atoms with Gasteiger partial charge in [-0.15, -0.1) is 0 Å². The number of ketones is 1. The minimum atomic E-state index is -1.42. The lowest BCUT2D eigenvalue weighted by Crippen LogP contribution is -2.37. The van der Waals surface area contributed by atoms with Crippen LogP contribution in [0.3, 0.4) is 0 Å². The van der Waals surface area contributed by atoms with Crippen LogP contribution in [-0.4, -0.2) is 23.8 Å². The number of nitriles is 2. The van der Waals surface area contributed by atoms with Gasteiger partial charge in [-0.1, -0.05) is 24.3 Å². The van der Waals surface area contributed by atoms with Gasteiger partial charge in [0.1, 0.15) is 11.8 Å². The highest BCUT2D eigenvalue weighted by Crippen LogP contribution is 2.60. The molecule has 1 fully saturated rings. The fourth-order valence-corrected chi connectivity index (χ4v) is 5.74. The van der Waals surface area contributed by atoms with Crippen molar-refractivity contribution >= 4 is 23.2 Å². The molecule has 3 heterocycles. The molecule has 0 N–H and O–H groups in total. The van der Waals surface area contributed by atoms with Crippen molar-refractivity contribution in [1.29, 1.82) is 10.5 Å². The normalized spacial score (nSPS) is 22.3. The van der Waals surface area contributed by atoms with Crippen LogP contribution in [0.5, 0.6) is 5.75 Å². The van der Waals surface area contributed by atoms with E-state index in [1.807, 2.05) is 58.3 Å². The van der Waals surface area contributed by atoms with Crippen molar-refractivity contribution in [2.45, 2.75) is 18.0 Å². The van der Waals surface area contributed by atoms with Gasteiger partial charge in [-0.05, 0) is 63.9 Å². The van der Waals surface area contributed by atoms with E-state index in [0.29, 0.717) is 11.3 Å². The Bertz CT molecular complexity index is 1270. The van der Waals surface area contributed by atoms with Crippen LogP contribution in [0.25, 0.3) is 6.08 Å². The molecule has 0 amide bonds. The van der Waals surface area contributed by atoms with Crippen molar-refractivity contribution < 1.29 is 9.53 Å². The second-order valence-electron chi connectivity index (χ2n) is 7.96. The average Bonchev–Trinajstić information content (AvgIpc) is 3.48. The predicted octanol–water partition coefficient (Wildman–Crippen LogP) is 5.17. The zero-order chi connectivity index (χ0) is 22.3. The minimum absolute atomic E-state index is 0.120. The molecule has 2 aliphatic rings. The summed E-state index contributed by atoms with van der Waals surface area (Å²) in [6, 6.07) is 20.1. The molecule has 3 unspecified atom stereocenters. The standard InChI is InChI=1S/C26H19N3O2S/c1-31-20-8-6-18(7-9-20)24(30)23-22(19-11-13-32-14-19)26(15-27,16-28)25-21-5-3-2-4-17(21)10-12-29(23)25/h2-14,22-23,25H,1H3. The van der Waals surface area contributed by atoms with Gasteiger partial charge in [0, 0.05) is 17.7 Å². The molecule has 2 aromatic carbocycles. The summed E-state index contributed by atoms with van der Waals surface area (Å²) in [5.41, 5.74) is 1.79. The lowest BCUT2D eigenvalue weighted by atomic mass is 9.68. The molecule has 0 aliphatic carbocycles. The first-order valence-electron chi connectivity index (χ1n) is 10.2. The van der Waals surface area contributed by atoms with Crippen molar-refractivity contribution in [1.82, 2.24) is 4.90 Å². The van der Waals surface area contributed by atoms with E-state index in [-0.39, 0.29) is 5.78 Å². The van der Waals surface area contributed by atoms with Gasteiger partial charge < -0.3 is 9.64 Å². The molecule has 1 saturated heterocycles. The quantitative estimate of drug-likeness (QED) is 0.527. The molecule has 6 heteroatoms. The molecule has 156 valence electrons. The van der Waals surface area contributed by atoms with Gasteiger partial charge in [-0.2, -0.15) is 21.9 Å². The van der Waals surface area contributed by atoms with Crippen LogP contribution in [0, 0.1) is 28.1 Å². The minimum Gasteiger partial charge on any atom is -0.497 e. The number of hydrogen-bond acceptors (Lipinski definition) is 6. The Morgan fingerprint density at radius 2 is 1.84 bits per heavy atom. The van der Waals surface area contributed by atoms with E-state index >= 15 is 0 Å². The molecule has 5 nitrogen and oxygen atoms in total. The molecule has 0 radical (unpaired) electrons. The number of fused-ring (bicyclic) bond motifs is 3. The maximum atomic E-state index is 13.9. The molecule has 32 heavy (non-hydrogen) atoms. The van der Waals surface area contributed by atoms with Crippen LogP contribution in [0.2, 0.25) is 0 Å². The Morgan fingerprint density at radius 1 is 1.09 bits per heavy atom. The Balaban J connectivity index is 1.72. The number of thiophene rings is 1. The van der Waals surface area contributed by atoms with Crippen LogP contribution in [0.4, 0.5) is 0 Å². The zero-order valence-corrected chi connectivity index (χ0v) is 18.1. The van der Waals surface area contributed by atoms with Gasteiger partial charge in [-0.3, -0.25) is 4.79 Å². The molecule has 2 aliphatic heterocycles. The highest BCUT2D eigenvalue weighted by molar-refractivity contribution is 7.08. The zero-order valence-electron chi connectivity index (χ0n) is 17.3. The first kappa shape index (κ1) is 20.1. The number of benzene rings is 2. The van der Waals surface area contributed by atoms with E-state index in [0.717, 1.165) is 16.7 Å². The summed E-state index contributed by atoms with van der Waals surface area (Å²) in [4.78, 5) is 15.8. The van der Waals surface area contributed by atoms with Crippen LogP contribution < -0.4 is 4.74 Å². The summed E-state index contributed by atoms with van der Waals surface area (Å²) in [7, 11) is 1.58. The fraction of sp³-hybridized carbons (Fsp3) is 0.192. The molecular formula is C26H19N3O2S. The van der Waals surface area contributed by atoms with E-state index in [2.05, 4.69) is 12.1 Å². The summed E-state index contributed by atoms with van der Waals surface area (Å²) >= 11 is 1.50. The van der Waals surface area contributed by atoms with Gasteiger partial charge in [0.15, 0.2) is 11.2 Å². The third-order valence-electron chi connectivity index (χ3n) is 6.49. The number of carbonyl (C=O) groups is 1. The van der Waals surface area contributed by atoms with Crippen LogP contribution in [-0.2, 0) is 0 Å². The molecule has 0 saturated carbocycles. The average molecular weight is 438 g/mol. The van der Waals surface area contributed by atoms with Crippen LogP contribution in [0.1, 0.15) is 39.0 Å². The number of nitrogens with zero attached hydrogens (tertiary/aromatic N) is 3. The Morgan fingerprint density at radius 3 is 2.50 bits per heavy atom. The summed E-state index contributed by atoms with van der Waals surface area (Å²) in [5, 5.41) is 24.7. The molecule has 3 atom stereocenters. The number of methoxy groups -OCH3 is 1. The van der Waals surface area contributed by atoms with Gasteiger partial charge in [0.2, 0.25) is 0 Å².